The van der Waals surface area contributed by atoms with Crippen LogP contribution in [0.4, 0.5) is 0 Å². The van der Waals surface area contributed by atoms with Crippen molar-refractivity contribution in [1.29, 1.82) is 0 Å². The van der Waals surface area contributed by atoms with Gasteiger partial charge in [-0.1, -0.05) is 6.42 Å². The van der Waals surface area contributed by atoms with Crippen molar-refractivity contribution in [1.82, 2.24) is 25.3 Å². The van der Waals surface area contributed by atoms with Gasteiger partial charge in [0.15, 0.2) is 5.96 Å². The van der Waals surface area contributed by atoms with Gasteiger partial charge in [0.05, 0.1) is 5.69 Å². The van der Waals surface area contributed by atoms with Crippen LogP contribution in [0.2, 0.25) is 0 Å². The Labute approximate surface area is 169 Å². The van der Waals surface area contributed by atoms with E-state index in [1.807, 2.05) is 11.7 Å². The van der Waals surface area contributed by atoms with E-state index in [1.54, 1.807) is 19.0 Å². The Balaban J connectivity index is 1.54. The first kappa shape index (κ1) is 20.7. The summed E-state index contributed by atoms with van der Waals surface area (Å²) in [6.07, 6.45) is 7.29. The molecule has 1 aromatic heterocycles. The lowest BCUT2D eigenvalue weighted by atomic mass is 9.95. The highest BCUT2D eigenvalue weighted by molar-refractivity contribution is 5.85. The predicted molar refractivity (Wildman–Crippen MR) is 112 cm³/mol. The van der Waals surface area contributed by atoms with E-state index < -0.39 is 0 Å². The summed E-state index contributed by atoms with van der Waals surface area (Å²) in [5.74, 6) is 2.45. The fourth-order valence-electron chi connectivity index (χ4n) is 4.69. The van der Waals surface area contributed by atoms with Crippen molar-refractivity contribution in [3.05, 3.63) is 17.0 Å². The monoisotopic (exact) mass is 388 g/mol. The van der Waals surface area contributed by atoms with Gasteiger partial charge in [-0.05, 0) is 63.4 Å². The molecule has 3 rings (SSSR count). The van der Waals surface area contributed by atoms with E-state index in [9.17, 15) is 4.79 Å². The van der Waals surface area contributed by atoms with Crippen molar-refractivity contribution in [2.45, 2.75) is 58.4 Å². The summed E-state index contributed by atoms with van der Waals surface area (Å²) in [6, 6.07) is 0.502. The molecule has 2 aliphatic rings. The standard InChI is InChI=1S/C21H36N6O/c1-14-18(15(2)27(5)25-14)7-6-10-22-21(23-13-20(28)26(3)4)24-19-12-16-8-9-17(19)11-16/h16-17,19H,6-13H2,1-5H3,(H2,22,23,24). The van der Waals surface area contributed by atoms with Gasteiger partial charge >= 0.3 is 0 Å². The van der Waals surface area contributed by atoms with Crippen LogP contribution in [0.3, 0.4) is 0 Å². The van der Waals surface area contributed by atoms with Crippen LogP contribution in [0.15, 0.2) is 4.99 Å². The molecule has 28 heavy (non-hydrogen) atoms. The van der Waals surface area contributed by atoms with Crippen molar-refractivity contribution >= 4 is 11.9 Å². The van der Waals surface area contributed by atoms with Gasteiger partial charge in [-0.2, -0.15) is 5.10 Å². The minimum Gasteiger partial charge on any atom is -0.356 e. The average Bonchev–Trinajstić information content (AvgIpc) is 3.33. The summed E-state index contributed by atoms with van der Waals surface area (Å²) in [5, 5.41) is 11.6. The largest absolute Gasteiger partial charge is 0.356 e. The quantitative estimate of drug-likeness (QED) is 0.424. The molecule has 1 heterocycles. The van der Waals surface area contributed by atoms with E-state index in [-0.39, 0.29) is 12.5 Å². The van der Waals surface area contributed by atoms with Crippen LogP contribution < -0.4 is 10.6 Å². The topological polar surface area (TPSA) is 74.5 Å². The highest BCUT2D eigenvalue weighted by Crippen LogP contribution is 2.44. The zero-order valence-electron chi connectivity index (χ0n) is 18.1. The van der Waals surface area contributed by atoms with Gasteiger partial charge in [0.25, 0.3) is 0 Å². The third-order valence-electron chi connectivity index (χ3n) is 6.49. The minimum atomic E-state index is 0.0238. The van der Waals surface area contributed by atoms with Gasteiger partial charge in [0.2, 0.25) is 5.91 Å². The van der Waals surface area contributed by atoms with Gasteiger partial charge in [-0.25, -0.2) is 4.99 Å². The number of carbonyl (C=O) groups is 1. The number of amides is 1. The molecule has 0 aliphatic heterocycles. The predicted octanol–water partition coefficient (Wildman–Crippen LogP) is 1.78. The van der Waals surface area contributed by atoms with Gasteiger partial charge in [-0.15, -0.1) is 0 Å². The SMILES string of the molecule is Cc1nn(C)c(C)c1CCCNC(=NCC(=O)N(C)C)NC1CC2CCC1C2. The van der Waals surface area contributed by atoms with E-state index in [0.29, 0.717) is 6.04 Å². The number of hydrogen-bond acceptors (Lipinski definition) is 3. The van der Waals surface area contributed by atoms with E-state index in [2.05, 4.69) is 34.6 Å². The van der Waals surface area contributed by atoms with Crippen molar-refractivity contribution in [3.8, 4) is 0 Å². The van der Waals surface area contributed by atoms with Crippen molar-refractivity contribution in [2.75, 3.05) is 27.2 Å². The summed E-state index contributed by atoms with van der Waals surface area (Å²) in [7, 11) is 5.54. The molecule has 0 spiro atoms. The molecule has 1 aromatic rings. The number of likely N-dealkylation sites (N-methyl/N-ethyl adjacent to an activating group) is 1. The van der Waals surface area contributed by atoms with Crippen LogP contribution in [-0.2, 0) is 18.3 Å². The zero-order chi connectivity index (χ0) is 20.3. The Morgan fingerprint density at radius 3 is 2.64 bits per heavy atom. The molecule has 3 atom stereocenters. The minimum absolute atomic E-state index is 0.0238. The molecule has 7 heteroatoms. The van der Waals surface area contributed by atoms with Crippen molar-refractivity contribution in [2.24, 2.45) is 23.9 Å². The maximum atomic E-state index is 12.0. The third-order valence-corrected chi connectivity index (χ3v) is 6.49. The fourth-order valence-corrected chi connectivity index (χ4v) is 4.69. The normalized spacial score (nSPS) is 23.9. The Hall–Kier alpha value is -2.05. The number of guanidine groups is 1. The van der Waals surface area contributed by atoms with Crippen LogP contribution >= 0.6 is 0 Å². The van der Waals surface area contributed by atoms with E-state index in [4.69, 9.17) is 0 Å². The molecule has 7 nitrogen and oxygen atoms in total. The Morgan fingerprint density at radius 1 is 1.29 bits per heavy atom. The number of carbonyl (C=O) groups excluding carboxylic acids is 1. The Morgan fingerprint density at radius 2 is 2.07 bits per heavy atom. The van der Waals surface area contributed by atoms with Gasteiger partial charge in [-0.3, -0.25) is 9.48 Å². The van der Waals surface area contributed by atoms with E-state index in [0.717, 1.165) is 42.9 Å². The van der Waals surface area contributed by atoms with E-state index >= 15 is 0 Å². The highest BCUT2D eigenvalue weighted by Gasteiger charge is 2.39. The van der Waals surface area contributed by atoms with Crippen LogP contribution in [0, 0.1) is 25.7 Å². The second kappa shape index (κ2) is 8.97. The second-order valence-corrected chi connectivity index (χ2v) is 8.68. The molecule has 0 saturated heterocycles. The molecule has 2 bridgehead atoms. The Kier molecular flexibility index (Phi) is 6.62. The first-order chi connectivity index (χ1) is 13.3. The van der Waals surface area contributed by atoms with Crippen LogP contribution in [-0.4, -0.2) is 59.8 Å². The molecule has 2 N–H and O–H groups in total. The first-order valence-corrected chi connectivity index (χ1v) is 10.6. The van der Waals surface area contributed by atoms with Crippen molar-refractivity contribution in [3.63, 3.8) is 0 Å². The average molecular weight is 389 g/mol. The van der Waals surface area contributed by atoms with Gasteiger partial charge in [0, 0.05) is 39.4 Å². The summed E-state index contributed by atoms with van der Waals surface area (Å²) in [6.45, 7) is 5.21. The Bertz CT molecular complexity index is 723. The van der Waals surface area contributed by atoms with Crippen LogP contribution in [0.25, 0.3) is 0 Å². The zero-order valence-corrected chi connectivity index (χ0v) is 18.1. The number of fused-ring (bicyclic) bond motifs is 2. The highest BCUT2D eigenvalue weighted by atomic mass is 16.2. The van der Waals surface area contributed by atoms with E-state index in [1.165, 1.54) is 36.9 Å². The number of hydrogen-bond donors (Lipinski definition) is 2. The number of aryl methyl sites for hydroxylation is 2. The number of aliphatic imine (C=N–C) groups is 1. The smallest absolute Gasteiger partial charge is 0.243 e. The first-order valence-electron chi connectivity index (χ1n) is 10.6. The molecule has 2 aliphatic carbocycles. The molecule has 3 unspecified atom stereocenters. The molecular formula is C21H36N6O. The molecule has 1 amide bonds. The second-order valence-electron chi connectivity index (χ2n) is 8.68. The summed E-state index contributed by atoms with van der Waals surface area (Å²) in [4.78, 5) is 18.1. The fraction of sp³-hybridized carbons (Fsp3) is 0.762. The summed E-state index contributed by atoms with van der Waals surface area (Å²) < 4.78 is 1.95. The number of nitrogens with zero attached hydrogens (tertiary/aromatic N) is 4. The number of nitrogens with one attached hydrogen (secondary N) is 2. The van der Waals surface area contributed by atoms with Gasteiger partial charge < -0.3 is 15.5 Å². The molecular weight excluding hydrogens is 352 g/mol. The lowest BCUT2D eigenvalue weighted by Crippen LogP contribution is -2.46. The molecule has 0 radical (unpaired) electrons. The maximum absolute atomic E-state index is 12.0. The van der Waals surface area contributed by atoms with Crippen molar-refractivity contribution < 1.29 is 4.79 Å². The van der Waals surface area contributed by atoms with Crippen LogP contribution in [0.1, 0.15) is 49.1 Å². The third kappa shape index (κ3) is 4.86. The maximum Gasteiger partial charge on any atom is 0.243 e. The molecule has 156 valence electrons. The van der Waals surface area contributed by atoms with Gasteiger partial charge in [0.1, 0.15) is 6.54 Å². The number of rotatable bonds is 7. The lowest BCUT2D eigenvalue weighted by Gasteiger charge is -2.25. The molecule has 2 fully saturated rings. The number of aromatic nitrogens is 2. The van der Waals surface area contributed by atoms with Crippen LogP contribution in [0.5, 0.6) is 0 Å². The lowest BCUT2D eigenvalue weighted by molar-refractivity contribution is -0.127. The molecule has 0 aromatic carbocycles. The molecule has 2 saturated carbocycles. The summed E-state index contributed by atoms with van der Waals surface area (Å²) in [5.41, 5.74) is 3.69. The summed E-state index contributed by atoms with van der Waals surface area (Å²) >= 11 is 0.